The number of unbranched alkanes of at least 4 members (excludes halogenated alkanes) is 2. The standard InChI is InChI=1S/C13H16BrN/c1-2-3-4-5-10-15-11-12-6-8-13(14)9-7-12/h1,6-9,15H,3-5,10-11H2. The van der Waals surface area contributed by atoms with Crippen LogP contribution in [0.1, 0.15) is 24.8 Å². The number of terminal acetylenes is 1. The normalized spacial score (nSPS) is 9.87. The van der Waals surface area contributed by atoms with Crippen LogP contribution < -0.4 is 5.32 Å². The maximum atomic E-state index is 5.17. The predicted molar refractivity (Wildman–Crippen MR) is 68.5 cm³/mol. The van der Waals surface area contributed by atoms with Gasteiger partial charge in [0.2, 0.25) is 0 Å². The monoisotopic (exact) mass is 265 g/mol. The van der Waals surface area contributed by atoms with Gasteiger partial charge in [0, 0.05) is 17.4 Å². The van der Waals surface area contributed by atoms with Crippen LogP contribution in [-0.2, 0) is 6.54 Å². The van der Waals surface area contributed by atoms with Crippen LogP contribution in [0.15, 0.2) is 28.7 Å². The molecule has 0 bridgehead atoms. The Kier molecular flexibility index (Phi) is 6.15. The Morgan fingerprint density at radius 3 is 2.60 bits per heavy atom. The van der Waals surface area contributed by atoms with Crippen molar-refractivity contribution >= 4 is 15.9 Å². The van der Waals surface area contributed by atoms with E-state index in [1.54, 1.807) is 0 Å². The van der Waals surface area contributed by atoms with Crippen molar-refractivity contribution in [2.75, 3.05) is 6.54 Å². The van der Waals surface area contributed by atoms with E-state index in [2.05, 4.69) is 51.4 Å². The fourth-order valence-corrected chi connectivity index (χ4v) is 1.58. The molecule has 0 fully saturated rings. The molecule has 0 heterocycles. The van der Waals surface area contributed by atoms with Crippen LogP contribution in [0, 0.1) is 12.3 Å². The van der Waals surface area contributed by atoms with Crippen molar-refractivity contribution < 1.29 is 0 Å². The summed E-state index contributed by atoms with van der Waals surface area (Å²) in [6.07, 6.45) is 8.33. The highest BCUT2D eigenvalue weighted by atomic mass is 79.9. The lowest BCUT2D eigenvalue weighted by molar-refractivity contribution is 0.630. The molecule has 1 N–H and O–H groups in total. The second-order valence-electron chi connectivity index (χ2n) is 3.46. The Balaban J connectivity index is 2.10. The third-order valence-electron chi connectivity index (χ3n) is 2.17. The quantitative estimate of drug-likeness (QED) is 0.615. The highest BCUT2D eigenvalue weighted by Gasteiger charge is 1.92. The molecule has 0 unspecified atom stereocenters. The summed E-state index contributed by atoms with van der Waals surface area (Å²) in [4.78, 5) is 0. The van der Waals surface area contributed by atoms with Gasteiger partial charge in [-0.25, -0.2) is 0 Å². The van der Waals surface area contributed by atoms with Crippen LogP contribution in [0.2, 0.25) is 0 Å². The van der Waals surface area contributed by atoms with Crippen molar-refractivity contribution in [1.29, 1.82) is 0 Å². The minimum atomic E-state index is 0.889. The molecule has 2 heteroatoms. The van der Waals surface area contributed by atoms with Gasteiger partial charge in [0.25, 0.3) is 0 Å². The molecule has 0 amide bonds. The van der Waals surface area contributed by atoms with Gasteiger partial charge in [-0.05, 0) is 37.1 Å². The summed E-state index contributed by atoms with van der Waals surface area (Å²) in [5, 5.41) is 3.40. The highest BCUT2D eigenvalue weighted by molar-refractivity contribution is 9.10. The average molecular weight is 266 g/mol. The average Bonchev–Trinajstić information content (AvgIpc) is 2.26. The van der Waals surface area contributed by atoms with Crippen molar-refractivity contribution in [3.05, 3.63) is 34.3 Å². The summed E-state index contributed by atoms with van der Waals surface area (Å²) < 4.78 is 1.13. The summed E-state index contributed by atoms with van der Waals surface area (Å²) in [7, 11) is 0. The van der Waals surface area contributed by atoms with E-state index in [0.29, 0.717) is 0 Å². The molecule has 1 nitrogen and oxygen atoms in total. The van der Waals surface area contributed by atoms with Crippen molar-refractivity contribution in [3.8, 4) is 12.3 Å². The van der Waals surface area contributed by atoms with E-state index < -0.39 is 0 Å². The molecule has 1 rings (SSSR count). The van der Waals surface area contributed by atoms with Gasteiger partial charge < -0.3 is 5.32 Å². The maximum absolute atomic E-state index is 5.17. The SMILES string of the molecule is C#CCCCCNCc1ccc(Br)cc1. The first-order valence-corrected chi connectivity index (χ1v) is 6.01. The summed E-state index contributed by atoms with van der Waals surface area (Å²) >= 11 is 3.42. The van der Waals surface area contributed by atoms with Crippen molar-refractivity contribution in [2.24, 2.45) is 0 Å². The van der Waals surface area contributed by atoms with Crippen molar-refractivity contribution in [2.45, 2.75) is 25.8 Å². The van der Waals surface area contributed by atoms with E-state index in [0.717, 1.165) is 36.8 Å². The Hall–Kier alpha value is -0.780. The minimum Gasteiger partial charge on any atom is -0.313 e. The molecule has 0 aliphatic heterocycles. The lowest BCUT2D eigenvalue weighted by atomic mass is 10.2. The number of halogens is 1. The molecule has 1 aromatic rings. The summed E-state index contributed by atoms with van der Waals surface area (Å²) in [6, 6.07) is 8.38. The van der Waals surface area contributed by atoms with Gasteiger partial charge in [0.1, 0.15) is 0 Å². The molecule has 0 saturated heterocycles. The van der Waals surface area contributed by atoms with E-state index in [9.17, 15) is 0 Å². The van der Waals surface area contributed by atoms with Gasteiger partial charge >= 0.3 is 0 Å². The third-order valence-corrected chi connectivity index (χ3v) is 2.70. The zero-order chi connectivity index (χ0) is 10.9. The molecule has 0 aliphatic carbocycles. The van der Waals surface area contributed by atoms with E-state index in [-0.39, 0.29) is 0 Å². The molecule has 0 aliphatic rings. The zero-order valence-electron chi connectivity index (χ0n) is 8.80. The van der Waals surface area contributed by atoms with Gasteiger partial charge in [-0.2, -0.15) is 0 Å². The number of hydrogen-bond acceptors (Lipinski definition) is 1. The second kappa shape index (κ2) is 7.50. The van der Waals surface area contributed by atoms with Crippen LogP contribution in [0.25, 0.3) is 0 Å². The molecule has 0 spiro atoms. The Labute approximate surface area is 100 Å². The first kappa shape index (κ1) is 12.3. The lowest BCUT2D eigenvalue weighted by Gasteiger charge is -2.04. The zero-order valence-corrected chi connectivity index (χ0v) is 10.4. The fraction of sp³-hybridized carbons (Fsp3) is 0.385. The van der Waals surface area contributed by atoms with E-state index >= 15 is 0 Å². The van der Waals surface area contributed by atoms with Gasteiger partial charge in [-0.1, -0.05) is 28.1 Å². The van der Waals surface area contributed by atoms with E-state index in [1.165, 1.54) is 5.56 Å². The van der Waals surface area contributed by atoms with Gasteiger partial charge in [0.15, 0.2) is 0 Å². The molecule has 1 aromatic carbocycles. The number of nitrogens with one attached hydrogen (secondary N) is 1. The minimum absolute atomic E-state index is 0.889. The van der Waals surface area contributed by atoms with Crippen LogP contribution in [0.4, 0.5) is 0 Å². The number of benzene rings is 1. The number of rotatable bonds is 6. The Morgan fingerprint density at radius 1 is 1.20 bits per heavy atom. The summed E-state index contributed by atoms with van der Waals surface area (Å²) in [6.45, 7) is 1.97. The lowest BCUT2D eigenvalue weighted by Crippen LogP contribution is -2.14. The maximum Gasteiger partial charge on any atom is 0.0205 e. The van der Waals surface area contributed by atoms with Crippen LogP contribution >= 0.6 is 15.9 Å². The topological polar surface area (TPSA) is 12.0 Å². The van der Waals surface area contributed by atoms with Crippen molar-refractivity contribution in [3.63, 3.8) is 0 Å². The molecule has 0 aromatic heterocycles. The Bertz CT molecular complexity index is 310. The molecule has 80 valence electrons. The first-order valence-electron chi connectivity index (χ1n) is 5.21. The molecule has 0 saturated carbocycles. The molecule has 0 atom stereocenters. The highest BCUT2D eigenvalue weighted by Crippen LogP contribution is 2.10. The fourth-order valence-electron chi connectivity index (χ4n) is 1.31. The van der Waals surface area contributed by atoms with Gasteiger partial charge in [-0.15, -0.1) is 12.3 Å². The third kappa shape index (κ3) is 5.61. The van der Waals surface area contributed by atoms with Crippen LogP contribution in [0.3, 0.4) is 0 Å². The van der Waals surface area contributed by atoms with Crippen LogP contribution in [0.5, 0.6) is 0 Å². The molecular formula is C13H16BrN. The molecule has 15 heavy (non-hydrogen) atoms. The van der Waals surface area contributed by atoms with E-state index in [4.69, 9.17) is 6.42 Å². The van der Waals surface area contributed by atoms with Gasteiger partial charge in [0.05, 0.1) is 0 Å². The molecule has 0 radical (unpaired) electrons. The van der Waals surface area contributed by atoms with Crippen LogP contribution in [-0.4, -0.2) is 6.54 Å². The smallest absolute Gasteiger partial charge is 0.0205 e. The van der Waals surface area contributed by atoms with E-state index in [1.807, 2.05) is 0 Å². The molecular weight excluding hydrogens is 250 g/mol. The largest absolute Gasteiger partial charge is 0.313 e. The first-order chi connectivity index (χ1) is 7.33. The summed E-state index contributed by atoms with van der Waals surface area (Å²) in [5.74, 6) is 2.65. The van der Waals surface area contributed by atoms with Crippen molar-refractivity contribution in [1.82, 2.24) is 5.32 Å². The summed E-state index contributed by atoms with van der Waals surface area (Å²) in [5.41, 5.74) is 1.31. The van der Waals surface area contributed by atoms with Gasteiger partial charge in [-0.3, -0.25) is 0 Å². The second-order valence-corrected chi connectivity index (χ2v) is 4.38. The Morgan fingerprint density at radius 2 is 1.93 bits per heavy atom. The predicted octanol–water partition coefficient (Wildman–Crippen LogP) is 3.34. The number of hydrogen-bond donors (Lipinski definition) is 1.